The molecule has 0 bridgehead atoms. The Labute approximate surface area is 93.3 Å². The Morgan fingerprint density at radius 3 is 3.20 bits per heavy atom. The summed E-state index contributed by atoms with van der Waals surface area (Å²) in [6.45, 7) is 3.21. The van der Waals surface area contributed by atoms with Crippen molar-refractivity contribution >= 4 is 11.3 Å². The Balaban J connectivity index is 1.75. The van der Waals surface area contributed by atoms with Gasteiger partial charge in [-0.1, -0.05) is 0 Å². The maximum atomic E-state index is 9.78. The summed E-state index contributed by atoms with van der Waals surface area (Å²) in [6, 6.07) is 2.41. The molecule has 0 unspecified atom stereocenters. The summed E-state index contributed by atoms with van der Waals surface area (Å²) in [6.07, 6.45) is 0.820. The van der Waals surface area contributed by atoms with Crippen LogP contribution < -0.4 is 0 Å². The van der Waals surface area contributed by atoms with E-state index >= 15 is 0 Å². The summed E-state index contributed by atoms with van der Waals surface area (Å²) in [7, 11) is 0. The third kappa shape index (κ3) is 1.72. The zero-order valence-electron chi connectivity index (χ0n) is 8.56. The van der Waals surface area contributed by atoms with Gasteiger partial charge >= 0.3 is 0 Å². The molecular formula is C11H15NO2S. The van der Waals surface area contributed by atoms with E-state index in [0.717, 1.165) is 19.5 Å². The molecule has 4 heteroatoms. The summed E-state index contributed by atoms with van der Waals surface area (Å²) < 4.78 is 5.30. The third-order valence-corrected chi connectivity index (χ3v) is 4.35. The van der Waals surface area contributed by atoms with Crippen molar-refractivity contribution in [2.24, 2.45) is 0 Å². The van der Waals surface area contributed by atoms with Crippen molar-refractivity contribution in [3.8, 4) is 0 Å². The van der Waals surface area contributed by atoms with Crippen molar-refractivity contribution in [1.82, 2.24) is 4.90 Å². The average molecular weight is 225 g/mol. The van der Waals surface area contributed by atoms with E-state index in [9.17, 15) is 5.11 Å². The second-order valence-electron chi connectivity index (χ2n) is 4.26. The van der Waals surface area contributed by atoms with E-state index in [1.54, 1.807) is 0 Å². The fourth-order valence-electron chi connectivity index (χ4n) is 2.43. The van der Waals surface area contributed by atoms with Gasteiger partial charge in [0.2, 0.25) is 0 Å². The largest absolute Gasteiger partial charge is 0.389 e. The van der Waals surface area contributed by atoms with Crippen LogP contribution in [0.2, 0.25) is 0 Å². The van der Waals surface area contributed by atoms with E-state index < -0.39 is 0 Å². The van der Waals surface area contributed by atoms with Crippen molar-refractivity contribution < 1.29 is 9.84 Å². The van der Waals surface area contributed by atoms with Crippen LogP contribution in [0.3, 0.4) is 0 Å². The van der Waals surface area contributed by atoms with Gasteiger partial charge < -0.3 is 9.84 Å². The van der Waals surface area contributed by atoms with Gasteiger partial charge in [0, 0.05) is 18.0 Å². The van der Waals surface area contributed by atoms with Gasteiger partial charge in [0.15, 0.2) is 0 Å². The van der Waals surface area contributed by atoms with Crippen molar-refractivity contribution in [2.75, 3.05) is 19.8 Å². The molecule has 1 aromatic heterocycles. The van der Waals surface area contributed by atoms with Crippen LogP contribution in [-0.2, 0) is 17.7 Å². The van der Waals surface area contributed by atoms with Crippen LogP contribution in [0.4, 0.5) is 0 Å². The molecule has 0 aliphatic carbocycles. The van der Waals surface area contributed by atoms with Crippen LogP contribution in [0.5, 0.6) is 0 Å². The predicted octanol–water partition coefficient (Wildman–Crippen LogP) is 0.866. The van der Waals surface area contributed by atoms with E-state index in [1.165, 1.54) is 10.4 Å². The summed E-state index contributed by atoms with van der Waals surface area (Å²) in [4.78, 5) is 3.87. The minimum Gasteiger partial charge on any atom is -0.389 e. The molecule has 3 heterocycles. The second-order valence-corrected chi connectivity index (χ2v) is 5.26. The predicted molar refractivity (Wildman–Crippen MR) is 59.0 cm³/mol. The van der Waals surface area contributed by atoms with Gasteiger partial charge in [0.25, 0.3) is 0 Å². The van der Waals surface area contributed by atoms with E-state index in [1.807, 2.05) is 11.3 Å². The van der Waals surface area contributed by atoms with Crippen molar-refractivity contribution in [1.29, 1.82) is 0 Å². The highest BCUT2D eigenvalue weighted by molar-refractivity contribution is 7.10. The zero-order valence-corrected chi connectivity index (χ0v) is 9.37. The smallest absolute Gasteiger partial charge is 0.0950 e. The van der Waals surface area contributed by atoms with Crippen molar-refractivity contribution in [3.63, 3.8) is 0 Å². The van der Waals surface area contributed by atoms with Crippen LogP contribution in [-0.4, -0.2) is 41.9 Å². The van der Waals surface area contributed by atoms with Crippen molar-refractivity contribution in [2.45, 2.75) is 25.1 Å². The minimum atomic E-state index is -0.301. The molecule has 1 N–H and O–H groups in total. The summed E-state index contributed by atoms with van der Waals surface area (Å²) in [5, 5.41) is 11.9. The quantitative estimate of drug-likeness (QED) is 0.769. The lowest BCUT2D eigenvalue weighted by molar-refractivity contribution is 0.0747. The molecule has 15 heavy (non-hydrogen) atoms. The molecule has 2 aliphatic rings. The number of thiophene rings is 1. The number of aliphatic hydroxyl groups excluding tert-OH is 1. The van der Waals surface area contributed by atoms with Gasteiger partial charge in [-0.25, -0.2) is 0 Å². The van der Waals surface area contributed by atoms with Crippen LogP contribution in [0.1, 0.15) is 10.4 Å². The number of ether oxygens (including phenoxy) is 1. The number of aliphatic hydroxyl groups is 1. The molecular weight excluding hydrogens is 210 g/mol. The maximum Gasteiger partial charge on any atom is 0.0950 e. The summed E-state index contributed by atoms with van der Waals surface area (Å²) in [5.41, 5.74) is 1.44. The van der Waals surface area contributed by atoms with Crippen LogP contribution in [0.25, 0.3) is 0 Å². The monoisotopic (exact) mass is 225 g/mol. The molecule has 3 nitrogen and oxygen atoms in total. The molecule has 0 spiro atoms. The molecule has 2 aliphatic heterocycles. The van der Waals surface area contributed by atoms with Crippen LogP contribution in [0.15, 0.2) is 11.4 Å². The topological polar surface area (TPSA) is 32.7 Å². The SMILES string of the molecule is O[C@@H]1COC[C@H]1N1CCc2sccc2C1. The van der Waals surface area contributed by atoms with E-state index in [-0.39, 0.29) is 12.1 Å². The van der Waals surface area contributed by atoms with Crippen LogP contribution in [0, 0.1) is 0 Å². The number of hydrogen-bond donors (Lipinski definition) is 1. The number of hydrogen-bond acceptors (Lipinski definition) is 4. The first-order valence-corrected chi connectivity index (χ1v) is 6.27. The molecule has 0 radical (unpaired) electrons. The lowest BCUT2D eigenvalue weighted by atomic mass is 10.1. The molecule has 0 amide bonds. The van der Waals surface area contributed by atoms with Gasteiger partial charge in [-0.05, 0) is 23.4 Å². The first-order valence-electron chi connectivity index (χ1n) is 5.39. The van der Waals surface area contributed by atoms with E-state index in [4.69, 9.17) is 4.74 Å². The molecule has 3 rings (SSSR count). The van der Waals surface area contributed by atoms with Gasteiger partial charge in [0.05, 0.1) is 25.4 Å². The molecule has 0 aromatic carbocycles. The highest BCUT2D eigenvalue weighted by atomic mass is 32.1. The normalized spacial score (nSPS) is 31.8. The Morgan fingerprint density at radius 2 is 2.40 bits per heavy atom. The van der Waals surface area contributed by atoms with Crippen molar-refractivity contribution in [3.05, 3.63) is 21.9 Å². The molecule has 0 saturated carbocycles. The first kappa shape index (κ1) is 9.78. The standard InChI is InChI=1S/C11H15NO2S/c13-10-7-14-6-9(10)12-3-1-11-8(5-12)2-4-15-11/h2,4,9-10,13H,1,3,5-7H2/t9-,10-/m1/s1. The van der Waals surface area contributed by atoms with Crippen LogP contribution >= 0.6 is 11.3 Å². The molecule has 2 atom stereocenters. The molecule has 1 saturated heterocycles. The highest BCUT2D eigenvalue weighted by Crippen LogP contribution is 2.27. The summed E-state index contributed by atoms with van der Waals surface area (Å²) >= 11 is 1.85. The molecule has 82 valence electrons. The Hall–Kier alpha value is -0.420. The number of rotatable bonds is 1. The van der Waals surface area contributed by atoms with E-state index in [2.05, 4.69) is 16.3 Å². The van der Waals surface area contributed by atoms with Gasteiger partial charge in [-0.2, -0.15) is 0 Å². The number of fused-ring (bicyclic) bond motifs is 1. The maximum absolute atomic E-state index is 9.78. The molecule has 1 aromatic rings. The van der Waals surface area contributed by atoms with Gasteiger partial charge in [-0.15, -0.1) is 11.3 Å². The Bertz CT molecular complexity index is 352. The van der Waals surface area contributed by atoms with Gasteiger partial charge in [-0.3, -0.25) is 4.90 Å². The number of nitrogens with zero attached hydrogens (tertiary/aromatic N) is 1. The zero-order chi connectivity index (χ0) is 10.3. The fraction of sp³-hybridized carbons (Fsp3) is 0.636. The highest BCUT2D eigenvalue weighted by Gasteiger charge is 2.33. The minimum absolute atomic E-state index is 0.207. The van der Waals surface area contributed by atoms with Gasteiger partial charge in [0.1, 0.15) is 0 Å². The summed E-state index contributed by atoms with van der Waals surface area (Å²) in [5.74, 6) is 0. The lowest BCUT2D eigenvalue weighted by Crippen LogP contribution is -2.45. The first-order chi connectivity index (χ1) is 7.34. The molecule has 1 fully saturated rings. The second kappa shape index (κ2) is 3.87. The van der Waals surface area contributed by atoms with E-state index in [0.29, 0.717) is 13.2 Å². The average Bonchev–Trinajstić information content (AvgIpc) is 2.84. The third-order valence-electron chi connectivity index (χ3n) is 3.33. The fourth-order valence-corrected chi connectivity index (χ4v) is 3.32. The Kier molecular flexibility index (Phi) is 2.52. The Morgan fingerprint density at radius 1 is 1.47 bits per heavy atom. The lowest BCUT2D eigenvalue weighted by Gasteiger charge is -2.32.